The lowest BCUT2D eigenvalue weighted by atomic mass is 10.1. The molecule has 1 aromatic rings. The molecule has 0 radical (unpaired) electrons. The van der Waals surface area contributed by atoms with Crippen molar-refractivity contribution < 1.29 is 38.6 Å². The van der Waals surface area contributed by atoms with E-state index in [-0.39, 0.29) is 5.82 Å². The molecule has 1 saturated heterocycles. The van der Waals surface area contributed by atoms with Crippen molar-refractivity contribution in [2.45, 2.75) is 24.2 Å². The summed E-state index contributed by atoms with van der Waals surface area (Å²) in [5.74, 6) is -2.55. The number of nitrogen functional groups attached to an aromatic ring is 1. The van der Waals surface area contributed by atoms with Gasteiger partial charge in [-0.3, -0.25) is 9.09 Å². The predicted octanol–water partition coefficient (Wildman–Crippen LogP) is -2.47. The van der Waals surface area contributed by atoms with E-state index in [9.17, 15) is 19.6 Å². The number of ether oxygens (including phenoxy) is 2. The van der Waals surface area contributed by atoms with Crippen molar-refractivity contribution in [1.82, 2.24) is 9.55 Å². The Morgan fingerprint density at radius 3 is 2.70 bits per heavy atom. The minimum absolute atomic E-state index is 0.0769. The molecule has 0 spiro atoms. The molecule has 0 aromatic carbocycles. The number of anilines is 1. The molecule has 12 nitrogen and oxygen atoms in total. The Morgan fingerprint density at radius 2 is 2.22 bits per heavy atom. The number of aliphatic hydroxyl groups excluding tert-OH is 1. The first kappa shape index (κ1) is 18.0. The highest BCUT2D eigenvalue weighted by Gasteiger charge is 2.60. The highest BCUT2D eigenvalue weighted by Crippen LogP contribution is 2.48. The molecule has 0 saturated carbocycles. The van der Waals surface area contributed by atoms with Crippen LogP contribution >= 0.6 is 7.82 Å². The number of methoxy groups -OCH3 is 1. The number of aromatic nitrogens is 2. The Kier molecular flexibility index (Phi) is 4.89. The van der Waals surface area contributed by atoms with E-state index in [2.05, 4.69) is 9.51 Å². The number of hydrogen-bond donors (Lipinski definition) is 5. The molecule has 1 aliphatic rings. The van der Waals surface area contributed by atoms with E-state index in [1.54, 1.807) is 0 Å². The number of phosphoric acid groups is 1. The second-order valence-electron chi connectivity index (χ2n) is 4.72. The third kappa shape index (κ3) is 3.44. The minimum Gasteiger partial charge on any atom is -0.394 e. The lowest BCUT2D eigenvalue weighted by Crippen LogP contribution is -2.51. The molecule has 1 aliphatic heterocycles. The van der Waals surface area contributed by atoms with Crippen LogP contribution in [0.15, 0.2) is 17.1 Å². The molecule has 13 heteroatoms. The number of rotatable bonds is 5. The molecule has 0 amide bonds. The fraction of sp³-hybridized carbons (Fsp3) is 0.600. The second-order valence-corrected chi connectivity index (χ2v) is 5.92. The van der Waals surface area contributed by atoms with E-state index in [1.807, 2.05) is 0 Å². The van der Waals surface area contributed by atoms with Crippen molar-refractivity contribution in [3.8, 4) is 0 Å². The van der Waals surface area contributed by atoms with E-state index in [0.29, 0.717) is 0 Å². The predicted molar refractivity (Wildman–Crippen MR) is 72.8 cm³/mol. The fourth-order valence-corrected chi connectivity index (χ4v) is 2.84. The summed E-state index contributed by atoms with van der Waals surface area (Å²) >= 11 is 0. The molecule has 6 N–H and O–H groups in total. The van der Waals surface area contributed by atoms with Crippen LogP contribution in [-0.2, 0) is 18.6 Å². The SMILES string of the molecule is CO[C@@]1(O)[C@H](OP(=O)(O)O)[C@@H](CO)O[C@H]1n1ccc(N)nc1=O. The van der Waals surface area contributed by atoms with E-state index in [0.717, 1.165) is 17.9 Å². The van der Waals surface area contributed by atoms with Crippen LogP contribution in [0.1, 0.15) is 6.23 Å². The van der Waals surface area contributed by atoms with Crippen molar-refractivity contribution in [2.75, 3.05) is 19.5 Å². The first-order chi connectivity index (χ1) is 10.6. The largest absolute Gasteiger partial charge is 0.470 e. The maximum Gasteiger partial charge on any atom is 0.470 e. The summed E-state index contributed by atoms with van der Waals surface area (Å²) in [6, 6.07) is 1.24. The van der Waals surface area contributed by atoms with E-state index in [4.69, 9.17) is 25.0 Å². The standard InChI is InChI=1S/C10H16N3O9P/c1-20-10(16)7(22-23(17,18)19)5(4-14)21-8(10)13-3-2-6(11)12-9(13)15/h2-3,5,7-8,14,16H,4H2,1H3,(H2,11,12,15)(H2,17,18,19)/t5-,7-,8-,10+/m1/s1. The Hall–Kier alpha value is -1.37. The number of nitrogens with zero attached hydrogens (tertiary/aromatic N) is 2. The summed E-state index contributed by atoms with van der Waals surface area (Å²) in [6.07, 6.45) is -3.58. The Morgan fingerprint density at radius 1 is 1.57 bits per heavy atom. The van der Waals surface area contributed by atoms with Crippen molar-refractivity contribution >= 4 is 13.6 Å². The second kappa shape index (κ2) is 6.26. The molecule has 2 rings (SSSR count). The maximum absolute atomic E-state index is 11.9. The summed E-state index contributed by atoms with van der Waals surface area (Å²) in [4.78, 5) is 33.2. The summed E-state index contributed by atoms with van der Waals surface area (Å²) < 4.78 is 26.5. The lowest BCUT2D eigenvalue weighted by Gasteiger charge is -2.32. The van der Waals surface area contributed by atoms with Gasteiger partial charge in [0.25, 0.3) is 0 Å². The summed E-state index contributed by atoms with van der Waals surface area (Å²) in [5, 5.41) is 19.9. The van der Waals surface area contributed by atoms with Crippen molar-refractivity contribution in [2.24, 2.45) is 0 Å². The van der Waals surface area contributed by atoms with Gasteiger partial charge in [-0.2, -0.15) is 4.98 Å². The zero-order valence-electron chi connectivity index (χ0n) is 11.8. The molecule has 4 atom stereocenters. The van der Waals surface area contributed by atoms with E-state index in [1.165, 1.54) is 6.07 Å². The van der Waals surface area contributed by atoms with E-state index >= 15 is 0 Å². The van der Waals surface area contributed by atoms with Crippen LogP contribution in [0, 0.1) is 0 Å². The molecule has 0 unspecified atom stereocenters. The molecular formula is C10H16N3O9P. The zero-order chi connectivity index (χ0) is 17.4. The Bertz CT molecular complexity index is 676. The van der Waals surface area contributed by atoms with Gasteiger partial charge < -0.3 is 35.2 Å². The van der Waals surface area contributed by atoms with Crippen LogP contribution in [0.5, 0.6) is 0 Å². The van der Waals surface area contributed by atoms with Gasteiger partial charge in [0.1, 0.15) is 11.9 Å². The topological polar surface area (TPSA) is 187 Å². The zero-order valence-corrected chi connectivity index (χ0v) is 12.7. The summed E-state index contributed by atoms with van der Waals surface area (Å²) in [7, 11) is -4.03. The highest BCUT2D eigenvalue weighted by molar-refractivity contribution is 7.46. The van der Waals surface area contributed by atoms with Gasteiger partial charge in [0.05, 0.1) is 6.61 Å². The number of hydrogen-bond acceptors (Lipinski definition) is 9. The first-order valence-corrected chi connectivity index (χ1v) is 7.78. The van der Waals surface area contributed by atoms with Gasteiger partial charge >= 0.3 is 13.5 Å². The first-order valence-electron chi connectivity index (χ1n) is 6.25. The van der Waals surface area contributed by atoms with Crippen molar-refractivity contribution in [3.63, 3.8) is 0 Å². The average molecular weight is 353 g/mol. The lowest BCUT2D eigenvalue weighted by molar-refractivity contribution is -0.262. The maximum atomic E-state index is 11.9. The van der Waals surface area contributed by atoms with Gasteiger partial charge in [-0.15, -0.1) is 0 Å². The van der Waals surface area contributed by atoms with Crippen LogP contribution in [0.3, 0.4) is 0 Å². The van der Waals surface area contributed by atoms with Gasteiger partial charge in [-0.05, 0) is 6.07 Å². The van der Waals surface area contributed by atoms with Crippen LogP contribution in [0.2, 0.25) is 0 Å². The van der Waals surface area contributed by atoms with Crippen molar-refractivity contribution in [3.05, 3.63) is 22.7 Å². The molecule has 0 bridgehead atoms. The molecular weight excluding hydrogens is 337 g/mol. The number of phosphoric ester groups is 1. The highest BCUT2D eigenvalue weighted by atomic mass is 31.2. The molecule has 2 heterocycles. The fourth-order valence-electron chi connectivity index (χ4n) is 2.26. The van der Waals surface area contributed by atoms with Crippen LogP contribution in [0.25, 0.3) is 0 Å². The minimum atomic E-state index is -5.05. The molecule has 1 aromatic heterocycles. The summed E-state index contributed by atoms with van der Waals surface area (Å²) in [5.41, 5.74) is 4.46. The van der Waals surface area contributed by atoms with Crippen molar-refractivity contribution in [1.29, 1.82) is 0 Å². The number of nitrogens with two attached hydrogens (primary N) is 1. The third-order valence-corrected chi connectivity index (χ3v) is 3.77. The molecule has 23 heavy (non-hydrogen) atoms. The van der Waals surface area contributed by atoms with Gasteiger partial charge in [0.15, 0.2) is 12.3 Å². The van der Waals surface area contributed by atoms with Gasteiger partial charge in [-0.1, -0.05) is 0 Å². The monoisotopic (exact) mass is 353 g/mol. The summed E-state index contributed by atoms with van der Waals surface area (Å²) in [6.45, 7) is -0.760. The van der Waals surface area contributed by atoms with Crippen LogP contribution in [0.4, 0.5) is 5.82 Å². The normalized spacial score (nSPS) is 31.4. The van der Waals surface area contributed by atoms with Gasteiger partial charge in [-0.25, -0.2) is 9.36 Å². The molecule has 1 fully saturated rings. The average Bonchev–Trinajstić information content (AvgIpc) is 2.71. The number of aliphatic hydroxyl groups is 2. The third-order valence-electron chi connectivity index (χ3n) is 3.26. The molecule has 0 aliphatic carbocycles. The van der Waals surface area contributed by atoms with E-state index < -0.39 is 44.3 Å². The molecule has 130 valence electrons. The van der Waals surface area contributed by atoms with Crippen LogP contribution < -0.4 is 11.4 Å². The van der Waals surface area contributed by atoms with Crippen LogP contribution in [-0.4, -0.2) is 61.3 Å². The Balaban J connectivity index is 2.48. The van der Waals surface area contributed by atoms with Gasteiger partial charge in [0, 0.05) is 13.3 Å². The quantitative estimate of drug-likeness (QED) is 0.279. The van der Waals surface area contributed by atoms with Gasteiger partial charge in [0.2, 0.25) is 5.79 Å². The Labute approximate surface area is 129 Å². The smallest absolute Gasteiger partial charge is 0.394 e.